The molecule has 152 valence electrons. The van der Waals surface area contributed by atoms with Crippen molar-refractivity contribution in [3.8, 4) is 11.5 Å². The molecular formula is C22H29NO5. The van der Waals surface area contributed by atoms with Crippen molar-refractivity contribution in [1.29, 1.82) is 0 Å². The second-order valence-corrected chi connectivity index (χ2v) is 6.85. The lowest BCUT2D eigenvalue weighted by molar-refractivity contribution is 0.0343. The van der Waals surface area contributed by atoms with E-state index in [1.807, 2.05) is 18.2 Å². The van der Waals surface area contributed by atoms with Gasteiger partial charge in [0.05, 0.1) is 5.71 Å². The molecule has 1 aromatic carbocycles. The first-order valence-corrected chi connectivity index (χ1v) is 9.77. The number of phenols is 2. The summed E-state index contributed by atoms with van der Waals surface area (Å²) in [4.78, 5) is 18.0. The van der Waals surface area contributed by atoms with E-state index < -0.39 is 5.97 Å². The summed E-state index contributed by atoms with van der Waals surface area (Å²) in [6.45, 7) is 4.38. The standard InChI is InChI=1S/C22H29NO5/c1-3-4-12-27-23-18-11-9-7-5-6-8-10-16(2)28-22(26)21-17(13-18)14-19(24)15-20(21)25/h6,8-9,11,14-16,24-25H,3-5,7,10,12-13H2,1-2H3/b8-6+,11-9+,23-18-/t16-/m1/s1. The zero-order valence-corrected chi connectivity index (χ0v) is 16.6. The van der Waals surface area contributed by atoms with Crippen LogP contribution in [-0.4, -0.2) is 34.6 Å². The third-order valence-corrected chi connectivity index (χ3v) is 4.28. The van der Waals surface area contributed by atoms with Crippen molar-refractivity contribution < 1.29 is 24.6 Å². The van der Waals surface area contributed by atoms with Crippen molar-refractivity contribution in [1.82, 2.24) is 0 Å². The van der Waals surface area contributed by atoms with E-state index in [4.69, 9.17) is 9.57 Å². The Morgan fingerprint density at radius 3 is 2.79 bits per heavy atom. The highest BCUT2D eigenvalue weighted by Crippen LogP contribution is 2.29. The number of hydrogen-bond donors (Lipinski definition) is 2. The van der Waals surface area contributed by atoms with Crippen LogP contribution in [0.4, 0.5) is 0 Å². The Morgan fingerprint density at radius 2 is 2.00 bits per heavy atom. The zero-order valence-electron chi connectivity index (χ0n) is 16.6. The van der Waals surface area contributed by atoms with Gasteiger partial charge in [-0.25, -0.2) is 4.79 Å². The van der Waals surface area contributed by atoms with Crippen LogP contribution in [0.5, 0.6) is 11.5 Å². The SMILES string of the molecule is CCCCO/N=C1/C=C/CC/C=C/C[C@@H](C)OC(=O)c2c(O)cc(O)cc2C1. The zero-order chi connectivity index (χ0) is 20.4. The summed E-state index contributed by atoms with van der Waals surface area (Å²) in [7, 11) is 0. The molecule has 0 saturated heterocycles. The van der Waals surface area contributed by atoms with Crippen LogP contribution < -0.4 is 0 Å². The van der Waals surface area contributed by atoms with Crippen molar-refractivity contribution in [2.75, 3.05) is 6.61 Å². The van der Waals surface area contributed by atoms with Gasteiger partial charge in [0.15, 0.2) is 0 Å². The lowest BCUT2D eigenvalue weighted by Crippen LogP contribution is -2.17. The Labute approximate surface area is 166 Å². The van der Waals surface area contributed by atoms with E-state index in [9.17, 15) is 15.0 Å². The molecule has 1 aliphatic heterocycles. The maximum atomic E-state index is 12.6. The average molecular weight is 387 g/mol. The summed E-state index contributed by atoms with van der Waals surface area (Å²) in [6, 6.07) is 2.58. The van der Waals surface area contributed by atoms with E-state index in [-0.39, 0.29) is 29.6 Å². The molecule has 1 atom stereocenters. The van der Waals surface area contributed by atoms with Crippen LogP contribution in [0, 0.1) is 0 Å². The number of allylic oxidation sites excluding steroid dienone is 3. The van der Waals surface area contributed by atoms with Gasteiger partial charge in [-0.1, -0.05) is 36.7 Å². The van der Waals surface area contributed by atoms with Crippen LogP contribution in [0.15, 0.2) is 41.6 Å². The van der Waals surface area contributed by atoms with Crippen LogP contribution in [0.2, 0.25) is 0 Å². The molecule has 1 heterocycles. The Bertz CT molecular complexity index is 752. The molecule has 1 aromatic rings. The molecule has 0 unspecified atom stereocenters. The molecule has 6 heteroatoms. The van der Waals surface area contributed by atoms with Crippen molar-refractivity contribution in [3.05, 3.63) is 47.6 Å². The number of oxime groups is 1. The van der Waals surface area contributed by atoms with E-state index in [1.54, 1.807) is 6.92 Å². The normalized spacial score (nSPS) is 22.0. The molecule has 2 N–H and O–H groups in total. The van der Waals surface area contributed by atoms with Gasteiger partial charge in [0.1, 0.15) is 29.8 Å². The number of rotatable bonds is 4. The van der Waals surface area contributed by atoms with Gasteiger partial charge >= 0.3 is 5.97 Å². The highest BCUT2D eigenvalue weighted by Gasteiger charge is 2.22. The van der Waals surface area contributed by atoms with E-state index >= 15 is 0 Å². The van der Waals surface area contributed by atoms with E-state index in [0.29, 0.717) is 24.3 Å². The first-order chi connectivity index (χ1) is 13.5. The van der Waals surface area contributed by atoms with Crippen molar-refractivity contribution in [2.24, 2.45) is 5.16 Å². The summed E-state index contributed by atoms with van der Waals surface area (Å²) >= 11 is 0. The third kappa shape index (κ3) is 6.76. The minimum atomic E-state index is -0.624. The number of nitrogens with zero attached hydrogens (tertiary/aromatic N) is 1. The molecule has 1 aliphatic rings. The fourth-order valence-corrected chi connectivity index (χ4v) is 2.81. The van der Waals surface area contributed by atoms with Gasteiger partial charge in [-0.05, 0) is 43.9 Å². The highest BCUT2D eigenvalue weighted by atomic mass is 16.6. The van der Waals surface area contributed by atoms with Crippen molar-refractivity contribution in [3.63, 3.8) is 0 Å². The van der Waals surface area contributed by atoms with Gasteiger partial charge in [0.25, 0.3) is 0 Å². The van der Waals surface area contributed by atoms with Gasteiger partial charge < -0.3 is 19.8 Å². The molecular weight excluding hydrogens is 358 g/mol. The summed E-state index contributed by atoms with van der Waals surface area (Å²) in [5.41, 5.74) is 1.08. The smallest absolute Gasteiger partial charge is 0.342 e. The molecule has 0 aromatic heterocycles. The fourth-order valence-electron chi connectivity index (χ4n) is 2.81. The van der Waals surface area contributed by atoms with Gasteiger partial charge in [-0.2, -0.15) is 0 Å². The topological polar surface area (TPSA) is 88.4 Å². The number of aromatic hydroxyl groups is 2. The van der Waals surface area contributed by atoms with E-state index in [0.717, 1.165) is 31.7 Å². The number of cyclic esters (lactones) is 1. The van der Waals surface area contributed by atoms with Gasteiger partial charge in [0, 0.05) is 18.9 Å². The average Bonchev–Trinajstić information content (AvgIpc) is 2.62. The number of benzene rings is 1. The predicted molar refractivity (Wildman–Crippen MR) is 109 cm³/mol. The Kier molecular flexibility index (Phi) is 8.59. The van der Waals surface area contributed by atoms with E-state index in [1.165, 1.54) is 6.07 Å². The maximum absolute atomic E-state index is 12.6. The van der Waals surface area contributed by atoms with E-state index in [2.05, 4.69) is 18.2 Å². The van der Waals surface area contributed by atoms with Crippen molar-refractivity contribution >= 4 is 11.7 Å². The molecule has 28 heavy (non-hydrogen) atoms. The number of hydrogen-bond acceptors (Lipinski definition) is 6. The summed E-state index contributed by atoms with van der Waals surface area (Å²) in [5, 5.41) is 24.4. The Balaban J connectivity index is 2.39. The van der Waals surface area contributed by atoms with Gasteiger partial charge in [-0.3, -0.25) is 0 Å². The minimum absolute atomic E-state index is 0.0420. The lowest BCUT2D eigenvalue weighted by atomic mass is 9.99. The molecule has 6 nitrogen and oxygen atoms in total. The first-order valence-electron chi connectivity index (χ1n) is 9.77. The molecule has 0 saturated carbocycles. The number of unbranched alkanes of at least 4 members (excludes halogenated alkanes) is 1. The monoisotopic (exact) mass is 387 g/mol. The largest absolute Gasteiger partial charge is 0.508 e. The molecule has 0 radical (unpaired) electrons. The molecule has 0 amide bonds. The molecule has 0 fully saturated rings. The Morgan fingerprint density at radius 1 is 1.21 bits per heavy atom. The lowest BCUT2D eigenvalue weighted by Gasteiger charge is -2.16. The quantitative estimate of drug-likeness (QED) is 0.340. The van der Waals surface area contributed by atoms with Crippen LogP contribution in [-0.2, 0) is 16.0 Å². The second-order valence-electron chi connectivity index (χ2n) is 6.85. The molecule has 0 aliphatic carbocycles. The Hall–Kier alpha value is -2.76. The predicted octanol–water partition coefficient (Wildman–Crippen LogP) is 4.65. The third-order valence-electron chi connectivity index (χ3n) is 4.28. The number of carbonyl (C=O) groups excluding carboxylic acids is 1. The second kappa shape index (κ2) is 11.2. The molecule has 0 spiro atoms. The number of ether oxygens (including phenoxy) is 1. The summed E-state index contributed by atoms with van der Waals surface area (Å²) in [6.07, 6.45) is 12.0. The fraction of sp³-hybridized carbons (Fsp3) is 0.455. The highest BCUT2D eigenvalue weighted by molar-refractivity contribution is 6.00. The van der Waals surface area contributed by atoms with Crippen LogP contribution in [0.25, 0.3) is 0 Å². The van der Waals surface area contributed by atoms with Crippen molar-refractivity contribution in [2.45, 2.75) is 58.5 Å². The summed E-state index contributed by atoms with van der Waals surface area (Å²) in [5.74, 6) is -1.07. The summed E-state index contributed by atoms with van der Waals surface area (Å²) < 4.78 is 5.47. The number of phenolic OH excluding ortho intramolecular Hbond substituents is 2. The molecule has 2 rings (SSSR count). The number of esters is 1. The number of fused-ring (bicyclic) bond motifs is 1. The first kappa shape index (κ1) is 21.5. The van der Waals surface area contributed by atoms with Gasteiger partial charge in [0.2, 0.25) is 0 Å². The minimum Gasteiger partial charge on any atom is -0.508 e. The van der Waals surface area contributed by atoms with Crippen LogP contribution in [0.3, 0.4) is 0 Å². The van der Waals surface area contributed by atoms with Crippen LogP contribution in [0.1, 0.15) is 61.9 Å². The molecule has 0 bridgehead atoms. The van der Waals surface area contributed by atoms with Crippen LogP contribution >= 0.6 is 0 Å². The van der Waals surface area contributed by atoms with Gasteiger partial charge in [-0.15, -0.1) is 0 Å². The maximum Gasteiger partial charge on any atom is 0.342 e. The number of carbonyl (C=O) groups is 1.